The second-order valence-electron chi connectivity index (χ2n) is 6.05. The van der Waals surface area contributed by atoms with Crippen LogP contribution in [0, 0.1) is 0 Å². The molecule has 0 unspecified atom stereocenters. The van der Waals surface area contributed by atoms with Gasteiger partial charge in [0.2, 0.25) is 0 Å². The van der Waals surface area contributed by atoms with Crippen LogP contribution in [-0.4, -0.2) is 20.1 Å². The number of anilines is 2. The quantitative estimate of drug-likeness (QED) is 0.620. The minimum atomic E-state index is -3.93. The summed E-state index contributed by atoms with van der Waals surface area (Å²) in [4.78, 5) is 23.9. The number of hydrogen-bond donors (Lipinski definition) is 2. The molecule has 0 aliphatic carbocycles. The number of nitrogens with one attached hydrogen (secondary N) is 2. The molecule has 0 saturated carbocycles. The number of rotatable bonds is 6. The minimum Gasteiger partial charge on any atom is -0.322 e. The van der Waals surface area contributed by atoms with Gasteiger partial charge in [0.15, 0.2) is 5.78 Å². The first-order valence-corrected chi connectivity index (χ1v) is 9.94. The number of sulfonamides is 1. The summed E-state index contributed by atoms with van der Waals surface area (Å²) in [6.45, 7) is 1.41. The molecule has 1 amide bonds. The molecule has 0 fully saturated rings. The van der Waals surface area contributed by atoms with Gasteiger partial charge in [-0.15, -0.1) is 0 Å². The smallest absolute Gasteiger partial charge is 0.261 e. The third kappa shape index (κ3) is 4.44. The monoisotopic (exact) mass is 394 g/mol. The average molecular weight is 394 g/mol. The van der Waals surface area contributed by atoms with Gasteiger partial charge in [-0.3, -0.25) is 14.3 Å². The molecular formula is C21H18N2O4S. The lowest BCUT2D eigenvalue weighted by Gasteiger charge is -2.13. The van der Waals surface area contributed by atoms with Gasteiger partial charge in [-0.1, -0.05) is 42.5 Å². The number of para-hydroxylation sites is 2. The summed E-state index contributed by atoms with van der Waals surface area (Å²) in [5.41, 5.74) is 1.37. The van der Waals surface area contributed by atoms with E-state index < -0.39 is 15.9 Å². The lowest BCUT2D eigenvalue weighted by Crippen LogP contribution is -2.18. The number of carbonyl (C=O) groups is 2. The molecule has 0 atom stereocenters. The Bertz CT molecular complexity index is 1110. The standard InChI is InChI=1S/C21H18N2O4S/c1-15(24)16-11-13-18(14-12-16)28(26,27)23-20-10-6-5-9-19(20)21(25)22-17-7-3-2-4-8-17/h2-14,23H,1H3,(H,22,25). The van der Waals surface area contributed by atoms with Crippen molar-refractivity contribution in [3.8, 4) is 0 Å². The van der Waals surface area contributed by atoms with E-state index in [-0.39, 0.29) is 21.9 Å². The van der Waals surface area contributed by atoms with Crippen molar-refractivity contribution in [2.45, 2.75) is 11.8 Å². The maximum atomic E-state index is 12.7. The van der Waals surface area contributed by atoms with Crippen LogP contribution in [0.25, 0.3) is 0 Å². The molecule has 3 aromatic carbocycles. The molecule has 0 aliphatic heterocycles. The molecule has 3 rings (SSSR count). The van der Waals surface area contributed by atoms with E-state index in [1.54, 1.807) is 36.4 Å². The summed E-state index contributed by atoms with van der Waals surface area (Å²) in [5, 5.41) is 2.73. The maximum absolute atomic E-state index is 12.7. The van der Waals surface area contributed by atoms with Gasteiger partial charge in [-0.25, -0.2) is 8.42 Å². The molecule has 142 valence electrons. The Kier molecular flexibility index (Phi) is 5.56. The Morgan fingerprint density at radius 1 is 0.786 bits per heavy atom. The Hall–Kier alpha value is -3.45. The third-order valence-corrected chi connectivity index (χ3v) is 5.40. The summed E-state index contributed by atoms with van der Waals surface area (Å²) >= 11 is 0. The zero-order valence-corrected chi connectivity index (χ0v) is 15.9. The Morgan fingerprint density at radius 3 is 2.04 bits per heavy atom. The third-order valence-electron chi connectivity index (χ3n) is 4.02. The van der Waals surface area contributed by atoms with E-state index in [1.807, 2.05) is 6.07 Å². The maximum Gasteiger partial charge on any atom is 0.261 e. The molecule has 7 heteroatoms. The van der Waals surface area contributed by atoms with E-state index in [0.29, 0.717) is 11.3 Å². The summed E-state index contributed by atoms with van der Waals surface area (Å²) < 4.78 is 27.8. The van der Waals surface area contributed by atoms with Crippen LogP contribution in [0.2, 0.25) is 0 Å². The molecule has 0 aromatic heterocycles. The first kappa shape index (κ1) is 19.3. The molecule has 28 heavy (non-hydrogen) atoms. The first-order valence-electron chi connectivity index (χ1n) is 8.46. The minimum absolute atomic E-state index is 0.00392. The van der Waals surface area contributed by atoms with Crippen LogP contribution < -0.4 is 10.0 Å². The number of amides is 1. The topological polar surface area (TPSA) is 92.3 Å². The van der Waals surface area contributed by atoms with E-state index in [2.05, 4.69) is 10.0 Å². The summed E-state index contributed by atoms with van der Waals surface area (Å²) in [6.07, 6.45) is 0. The van der Waals surface area contributed by atoms with Gasteiger partial charge < -0.3 is 5.32 Å². The number of Topliss-reactive ketones (excluding diaryl/α,β-unsaturated/α-hetero) is 1. The largest absolute Gasteiger partial charge is 0.322 e. The van der Waals surface area contributed by atoms with Crippen molar-refractivity contribution in [1.82, 2.24) is 0 Å². The van der Waals surface area contributed by atoms with Crippen LogP contribution in [0.1, 0.15) is 27.6 Å². The fraction of sp³-hybridized carbons (Fsp3) is 0.0476. The van der Waals surface area contributed by atoms with Crippen LogP contribution >= 0.6 is 0 Å². The second-order valence-corrected chi connectivity index (χ2v) is 7.73. The number of hydrogen-bond acceptors (Lipinski definition) is 4. The van der Waals surface area contributed by atoms with Crippen LogP contribution in [0.5, 0.6) is 0 Å². The lowest BCUT2D eigenvalue weighted by atomic mass is 10.1. The van der Waals surface area contributed by atoms with Crippen LogP contribution in [0.3, 0.4) is 0 Å². The first-order chi connectivity index (χ1) is 13.4. The van der Waals surface area contributed by atoms with Gasteiger partial charge in [0.1, 0.15) is 0 Å². The average Bonchev–Trinajstić information content (AvgIpc) is 2.69. The molecular weight excluding hydrogens is 376 g/mol. The number of benzene rings is 3. The van der Waals surface area contributed by atoms with E-state index in [1.165, 1.54) is 43.3 Å². The zero-order valence-electron chi connectivity index (χ0n) is 15.0. The van der Waals surface area contributed by atoms with E-state index in [4.69, 9.17) is 0 Å². The van der Waals surface area contributed by atoms with Crippen LogP contribution in [0.15, 0.2) is 83.8 Å². The van der Waals surface area contributed by atoms with Gasteiger partial charge in [0.05, 0.1) is 16.1 Å². The van der Waals surface area contributed by atoms with Crippen molar-refractivity contribution in [1.29, 1.82) is 0 Å². The van der Waals surface area contributed by atoms with Crippen molar-refractivity contribution in [3.63, 3.8) is 0 Å². The fourth-order valence-electron chi connectivity index (χ4n) is 2.56. The molecule has 0 heterocycles. The van der Waals surface area contributed by atoms with Gasteiger partial charge in [-0.05, 0) is 43.3 Å². The van der Waals surface area contributed by atoms with Gasteiger partial charge >= 0.3 is 0 Å². The lowest BCUT2D eigenvalue weighted by molar-refractivity contribution is 0.101. The Balaban J connectivity index is 1.86. The predicted octanol–water partition coefficient (Wildman–Crippen LogP) is 3.94. The highest BCUT2D eigenvalue weighted by atomic mass is 32.2. The summed E-state index contributed by atoms with van der Waals surface area (Å²) in [5.74, 6) is -0.587. The second kappa shape index (κ2) is 8.06. The SMILES string of the molecule is CC(=O)c1ccc(S(=O)(=O)Nc2ccccc2C(=O)Nc2ccccc2)cc1. The van der Waals surface area contributed by atoms with Crippen LogP contribution in [-0.2, 0) is 10.0 Å². The molecule has 6 nitrogen and oxygen atoms in total. The molecule has 3 aromatic rings. The summed E-state index contributed by atoms with van der Waals surface area (Å²) in [7, 11) is -3.93. The molecule has 0 bridgehead atoms. The van der Waals surface area contributed by atoms with Gasteiger partial charge in [0.25, 0.3) is 15.9 Å². The van der Waals surface area contributed by atoms with E-state index >= 15 is 0 Å². The van der Waals surface area contributed by atoms with Crippen LogP contribution in [0.4, 0.5) is 11.4 Å². The molecule has 0 radical (unpaired) electrons. The molecule has 2 N–H and O–H groups in total. The normalized spacial score (nSPS) is 10.9. The van der Waals surface area contributed by atoms with Crippen molar-refractivity contribution in [2.24, 2.45) is 0 Å². The Labute approximate surface area is 163 Å². The fourth-order valence-corrected chi connectivity index (χ4v) is 3.64. The molecule has 0 aliphatic rings. The van der Waals surface area contributed by atoms with E-state index in [0.717, 1.165) is 0 Å². The molecule has 0 saturated heterocycles. The molecule has 0 spiro atoms. The highest BCUT2D eigenvalue weighted by Gasteiger charge is 2.19. The predicted molar refractivity (Wildman–Crippen MR) is 108 cm³/mol. The van der Waals surface area contributed by atoms with E-state index in [9.17, 15) is 18.0 Å². The highest BCUT2D eigenvalue weighted by Crippen LogP contribution is 2.22. The van der Waals surface area contributed by atoms with Gasteiger partial charge in [-0.2, -0.15) is 0 Å². The summed E-state index contributed by atoms with van der Waals surface area (Å²) in [6, 6.07) is 20.8. The van der Waals surface area contributed by atoms with Gasteiger partial charge in [0, 0.05) is 11.3 Å². The van der Waals surface area contributed by atoms with Crippen molar-refractivity contribution in [3.05, 3.63) is 90.0 Å². The Morgan fingerprint density at radius 2 is 1.39 bits per heavy atom. The number of ketones is 1. The number of carbonyl (C=O) groups excluding carboxylic acids is 2. The van der Waals surface area contributed by atoms with Crippen molar-refractivity contribution < 1.29 is 18.0 Å². The highest BCUT2D eigenvalue weighted by molar-refractivity contribution is 7.92. The zero-order chi connectivity index (χ0) is 20.1. The van der Waals surface area contributed by atoms with Crippen molar-refractivity contribution in [2.75, 3.05) is 10.0 Å². The van der Waals surface area contributed by atoms with Crippen molar-refractivity contribution >= 4 is 33.1 Å².